The van der Waals surface area contributed by atoms with Crippen LogP contribution in [0.4, 0.5) is 5.69 Å². The molecule has 0 bridgehead atoms. The van der Waals surface area contributed by atoms with Crippen LogP contribution in [0, 0.1) is 18.3 Å². The van der Waals surface area contributed by atoms with Crippen molar-refractivity contribution < 1.29 is 14.3 Å². The fraction of sp³-hybridized carbons (Fsp3) is 0.471. The third kappa shape index (κ3) is 4.01. The summed E-state index contributed by atoms with van der Waals surface area (Å²) in [5, 5.41) is 15.1. The third-order valence-electron chi connectivity index (χ3n) is 4.15. The first-order chi connectivity index (χ1) is 11.0. The lowest BCUT2D eigenvalue weighted by Gasteiger charge is -2.22. The molecular formula is C17H21N3O3. The molecule has 122 valence electrons. The molecule has 1 amide bonds. The van der Waals surface area contributed by atoms with E-state index in [0.29, 0.717) is 24.1 Å². The molecule has 1 aromatic rings. The van der Waals surface area contributed by atoms with Crippen molar-refractivity contribution in [1.29, 1.82) is 5.26 Å². The number of carbonyl (C=O) groups is 2. The van der Waals surface area contributed by atoms with Crippen molar-refractivity contribution in [3.05, 3.63) is 29.3 Å². The van der Waals surface area contributed by atoms with Gasteiger partial charge < -0.3 is 15.4 Å². The summed E-state index contributed by atoms with van der Waals surface area (Å²) in [6.07, 6.45) is 3.32. The van der Waals surface area contributed by atoms with Crippen LogP contribution in [0.2, 0.25) is 0 Å². The monoisotopic (exact) mass is 315 g/mol. The number of ether oxygens (including phenoxy) is 1. The van der Waals surface area contributed by atoms with Gasteiger partial charge >= 0.3 is 5.97 Å². The van der Waals surface area contributed by atoms with Crippen molar-refractivity contribution in [2.24, 2.45) is 0 Å². The van der Waals surface area contributed by atoms with E-state index in [1.807, 2.05) is 6.92 Å². The predicted molar refractivity (Wildman–Crippen MR) is 86.0 cm³/mol. The summed E-state index contributed by atoms with van der Waals surface area (Å²) in [6, 6.07) is 7.35. The SMILES string of the molecule is COC(=O)c1ccc(C)c(NCC(=O)NC2(C#N)CCCC2)c1. The Labute approximate surface area is 135 Å². The maximum absolute atomic E-state index is 12.1. The average molecular weight is 315 g/mol. The van der Waals surface area contributed by atoms with Gasteiger partial charge in [0.05, 0.1) is 25.3 Å². The Kier molecular flexibility index (Phi) is 5.22. The summed E-state index contributed by atoms with van der Waals surface area (Å²) < 4.78 is 4.69. The molecule has 0 heterocycles. The van der Waals surface area contributed by atoms with Crippen LogP contribution in [0.5, 0.6) is 0 Å². The lowest BCUT2D eigenvalue weighted by molar-refractivity contribution is -0.120. The van der Waals surface area contributed by atoms with Gasteiger partial charge in [0.1, 0.15) is 5.54 Å². The molecule has 1 aliphatic carbocycles. The molecule has 23 heavy (non-hydrogen) atoms. The molecule has 1 aromatic carbocycles. The number of nitrogens with one attached hydrogen (secondary N) is 2. The average Bonchev–Trinajstić information content (AvgIpc) is 3.02. The van der Waals surface area contributed by atoms with Gasteiger partial charge in [-0.05, 0) is 50.3 Å². The van der Waals surface area contributed by atoms with E-state index >= 15 is 0 Å². The Hall–Kier alpha value is -2.55. The van der Waals surface area contributed by atoms with Crippen LogP contribution >= 0.6 is 0 Å². The van der Waals surface area contributed by atoms with Crippen LogP contribution in [-0.2, 0) is 9.53 Å². The number of carbonyl (C=O) groups excluding carboxylic acids is 2. The molecule has 2 rings (SSSR count). The fourth-order valence-electron chi connectivity index (χ4n) is 2.79. The number of methoxy groups -OCH3 is 1. The number of hydrogen-bond donors (Lipinski definition) is 2. The number of anilines is 1. The largest absolute Gasteiger partial charge is 0.465 e. The van der Waals surface area contributed by atoms with Crippen LogP contribution < -0.4 is 10.6 Å². The highest BCUT2D eigenvalue weighted by molar-refractivity contribution is 5.91. The summed E-state index contributed by atoms with van der Waals surface area (Å²) >= 11 is 0. The van der Waals surface area contributed by atoms with Gasteiger partial charge in [0.2, 0.25) is 5.91 Å². The zero-order chi connectivity index (χ0) is 16.9. The number of esters is 1. The van der Waals surface area contributed by atoms with Crippen molar-refractivity contribution in [2.75, 3.05) is 19.0 Å². The molecule has 6 nitrogen and oxygen atoms in total. The minimum absolute atomic E-state index is 0.0505. The number of aryl methyl sites for hydroxylation is 1. The van der Waals surface area contributed by atoms with E-state index < -0.39 is 11.5 Å². The van der Waals surface area contributed by atoms with Gasteiger partial charge in [-0.15, -0.1) is 0 Å². The summed E-state index contributed by atoms with van der Waals surface area (Å²) in [7, 11) is 1.33. The van der Waals surface area contributed by atoms with E-state index in [0.717, 1.165) is 18.4 Å². The Morgan fingerprint density at radius 2 is 2.04 bits per heavy atom. The predicted octanol–water partition coefficient (Wildman–Crippen LogP) is 2.15. The first-order valence-corrected chi connectivity index (χ1v) is 7.65. The van der Waals surface area contributed by atoms with Gasteiger partial charge in [-0.2, -0.15) is 5.26 Å². The second-order valence-corrected chi connectivity index (χ2v) is 5.82. The van der Waals surface area contributed by atoms with Crippen LogP contribution in [-0.4, -0.2) is 31.1 Å². The number of amides is 1. The standard InChI is InChI=1S/C17H21N3O3/c1-12-5-6-13(16(22)23-2)9-14(12)19-10-15(21)20-17(11-18)7-3-4-8-17/h5-6,9,19H,3-4,7-8,10H2,1-2H3,(H,20,21). The Bertz CT molecular complexity index is 643. The van der Waals surface area contributed by atoms with Crippen molar-refractivity contribution in [1.82, 2.24) is 5.32 Å². The highest BCUT2D eigenvalue weighted by atomic mass is 16.5. The summed E-state index contributed by atoms with van der Waals surface area (Å²) in [5.74, 6) is -0.650. The van der Waals surface area contributed by atoms with Crippen LogP contribution in [0.3, 0.4) is 0 Å². The van der Waals surface area contributed by atoms with E-state index in [9.17, 15) is 14.9 Å². The second kappa shape index (κ2) is 7.14. The Morgan fingerprint density at radius 3 is 2.65 bits per heavy atom. The van der Waals surface area contributed by atoms with Crippen molar-refractivity contribution in [3.8, 4) is 6.07 Å². The molecule has 0 spiro atoms. The molecule has 6 heteroatoms. The molecule has 0 radical (unpaired) electrons. The summed E-state index contributed by atoms with van der Waals surface area (Å²) in [4.78, 5) is 23.7. The van der Waals surface area contributed by atoms with Crippen molar-refractivity contribution in [2.45, 2.75) is 38.1 Å². The molecular weight excluding hydrogens is 294 g/mol. The molecule has 0 saturated heterocycles. The fourth-order valence-corrected chi connectivity index (χ4v) is 2.79. The molecule has 1 saturated carbocycles. The molecule has 0 aromatic heterocycles. The minimum Gasteiger partial charge on any atom is -0.465 e. The zero-order valence-corrected chi connectivity index (χ0v) is 13.4. The molecule has 1 fully saturated rings. The van der Waals surface area contributed by atoms with E-state index in [1.54, 1.807) is 18.2 Å². The topological polar surface area (TPSA) is 91.2 Å². The van der Waals surface area contributed by atoms with E-state index in [2.05, 4.69) is 16.7 Å². The number of nitriles is 1. The smallest absolute Gasteiger partial charge is 0.337 e. The Morgan fingerprint density at radius 1 is 1.35 bits per heavy atom. The molecule has 0 unspecified atom stereocenters. The van der Waals surface area contributed by atoms with Gasteiger partial charge in [0.15, 0.2) is 0 Å². The molecule has 0 aliphatic heterocycles. The first kappa shape index (κ1) is 16.8. The normalized spacial score (nSPS) is 15.5. The zero-order valence-electron chi connectivity index (χ0n) is 13.4. The van der Waals surface area contributed by atoms with Gasteiger partial charge in [0, 0.05) is 5.69 Å². The molecule has 0 atom stereocenters. The maximum atomic E-state index is 12.1. The van der Waals surface area contributed by atoms with Gasteiger partial charge in [0.25, 0.3) is 0 Å². The number of rotatable bonds is 5. The number of hydrogen-bond acceptors (Lipinski definition) is 5. The number of benzene rings is 1. The highest BCUT2D eigenvalue weighted by Crippen LogP contribution is 2.28. The van der Waals surface area contributed by atoms with Crippen molar-refractivity contribution in [3.63, 3.8) is 0 Å². The highest BCUT2D eigenvalue weighted by Gasteiger charge is 2.35. The third-order valence-corrected chi connectivity index (χ3v) is 4.15. The van der Waals surface area contributed by atoms with E-state index in [1.165, 1.54) is 7.11 Å². The first-order valence-electron chi connectivity index (χ1n) is 7.65. The van der Waals surface area contributed by atoms with Gasteiger partial charge in [-0.3, -0.25) is 4.79 Å². The van der Waals surface area contributed by atoms with Gasteiger partial charge in [-0.1, -0.05) is 6.07 Å². The van der Waals surface area contributed by atoms with Crippen molar-refractivity contribution >= 4 is 17.6 Å². The van der Waals surface area contributed by atoms with Gasteiger partial charge in [-0.25, -0.2) is 4.79 Å². The van der Waals surface area contributed by atoms with E-state index in [-0.39, 0.29) is 12.5 Å². The molecule has 2 N–H and O–H groups in total. The summed E-state index contributed by atoms with van der Waals surface area (Å²) in [5.41, 5.74) is 1.31. The lowest BCUT2D eigenvalue weighted by atomic mass is 10.00. The second-order valence-electron chi connectivity index (χ2n) is 5.82. The summed E-state index contributed by atoms with van der Waals surface area (Å²) in [6.45, 7) is 1.93. The molecule has 1 aliphatic rings. The quantitative estimate of drug-likeness (QED) is 0.812. The number of nitrogens with zero attached hydrogens (tertiary/aromatic N) is 1. The Balaban J connectivity index is 1.99. The lowest BCUT2D eigenvalue weighted by Crippen LogP contribution is -2.47. The minimum atomic E-state index is -0.721. The van der Waals surface area contributed by atoms with Crippen LogP contribution in [0.1, 0.15) is 41.6 Å². The maximum Gasteiger partial charge on any atom is 0.337 e. The van der Waals surface area contributed by atoms with Crippen LogP contribution in [0.15, 0.2) is 18.2 Å². The van der Waals surface area contributed by atoms with Crippen LogP contribution in [0.25, 0.3) is 0 Å². The van der Waals surface area contributed by atoms with E-state index in [4.69, 9.17) is 4.74 Å².